The van der Waals surface area contributed by atoms with Gasteiger partial charge in [0.05, 0.1) is 17.7 Å². The van der Waals surface area contributed by atoms with E-state index in [1.54, 1.807) is 19.4 Å². The van der Waals surface area contributed by atoms with Gasteiger partial charge in [0.15, 0.2) is 0 Å². The minimum atomic E-state index is -0.267. The average molecular weight is 415 g/mol. The largest absolute Gasteiger partial charge is 0.494 e. The molecule has 0 aliphatic rings. The average Bonchev–Trinajstić information content (AvgIpc) is 3.05. The second-order valence-electron chi connectivity index (χ2n) is 5.97. The molecule has 0 radical (unpaired) electrons. The number of hydroxylamine groups is 1. The summed E-state index contributed by atoms with van der Waals surface area (Å²) in [6, 6.07) is 11.0. The van der Waals surface area contributed by atoms with E-state index in [0.29, 0.717) is 41.8 Å². The molecule has 0 saturated heterocycles. The van der Waals surface area contributed by atoms with Crippen LogP contribution in [0.3, 0.4) is 0 Å². The fourth-order valence-corrected chi connectivity index (χ4v) is 3.20. The van der Waals surface area contributed by atoms with E-state index in [2.05, 4.69) is 22.0 Å². The minimum absolute atomic E-state index is 0.0722. The lowest BCUT2D eigenvalue weighted by atomic mass is 10.1. The van der Waals surface area contributed by atoms with Crippen molar-refractivity contribution in [1.29, 1.82) is 0 Å². The molecule has 0 bridgehead atoms. The molecule has 0 aliphatic carbocycles. The van der Waals surface area contributed by atoms with Crippen molar-refractivity contribution in [3.8, 4) is 17.5 Å². The number of nitrogens with one attached hydrogen (secondary N) is 2. The SMILES string of the molecule is C=C(NOCCOc1ccc(Cc2sc(=O)[nH]c2O)cc1)c1ccc(OC)nc1. The molecule has 2 aromatic heterocycles. The molecule has 2 heterocycles. The van der Waals surface area contributed by atoms with E-state index in [1.165, 1.54) is 0 Å². The Morgan fingerprint density at radius 2 is 2.03 bits per heavy atom. The summed E-state index contributed by atoms with van der Waals surface area (Å²) < 4.78 is 10.6. The van der Waals surface area contributed by atoms with E-state index < -0.39 is 0 Å². The van der Waals surface area contributed by atoms with Crippen LogP contribution in [-0.4, -0.2) is 35.4 Å². The lowest BCUT2D eigenvalue weighted by Gasteiger charge is -2.11. The summed E-state index contributed by atoms with van der Waals surface area (Å²) in [5, 5.41) is 9.64. The van der Waals surface area contributed by atoms with E-state index >= 15 is 0 Å². The first-order valence-corrected chi connectivity index (χ1v) is 9.56. The van der Waals surface area contributed by atoms with Crippen molar-refractivity contribution in [1.82, 2.24) is 15.4 Å². The second-order valence-corrected chi connectivity index (χ2v) is 7.04. The van der Waals surface area contributed by atoms with Gasteiger partial charge < -0.3 is 14.6 Å². The van der Waals surface area contributed by atoms with Gasteiger partial charge in [-0.15, -0.1) is 0 Å². The Balaban J connectivity index is 1.38. The predicted molar refractivity (Wildman–Crippen MR) is 110 cm³/mol. The maximum absolute atomic E-state index is 11.2. The molecule has 152 valence electrons. The monoisotopic (exact) mass is 415 g/mol. The van der Waals surface area contributed by atoms with Gasteiger partial charge in [-0.1, -0.05) is 30.0 Å². The van der Waals surface area contributed by atoms with Gasteiger partial charge in [-0.05, 0) is 23.8 Å². The number of hydrogen-bond donors (Lipinski definition) is 3. The van der Waals surface area contributed by atoms with Crippen molar-refractivity contribution in [2.24, 2.45) is 0 Å². The van der Waals surface area contributed by atoms with E-state index in [4.69, 9.17) is 14.3 Å². The first kappa shape index (κ1) is 20.4. The number of thiazole rings is 1. The summed E-state index contributed by atoms with van der Waals surface area (Å²) in [7, 11) is 1.56. The molecule has 0 spiro atoms. The molecule has 0 amide bonds. The van der Waals surface area contributed by atoms with E-state index in [-0.39, 0.29) is 10.8 Å². The highest BCUT2D eigenvalue weighted by atomic mass is 32.1. The normalized spacial score (nSPS) is 10.5. The third-order valence-corrected chi connectivity index (χ3v) is 4.80. The highest BCUT2D eigenvalue weighted by Crippen LogP contribution is 2.21. The number of aromatic nitrogens is 2. The van der Waals surface area contributed by atoms with Crippen molar-refractivity contribution in [2.45, 2.75) is 6.42 Å². The van der Waals surface area contributed by atoms with Crippen LogP contribution in [-0.2, 0) is 11.3 Å². The number of aromatic amines is 1. The summed E-state index contributed by atoms with van der Waals surface area (Å²) in [6.07, 6.45) is 2.12. The second kappa shape index (κ2) is 9.76. The lowest BCUT2D eigenvalue weighted by Crippen LogP contribution is -2.17. The third-order valence-electron chi connectivity index (χ3n) is 3.93. The maximum atomic E-state index is 11.2. The van der Waals surface area contributed by atoms with Crippen LogP contribution < -0.4 is 19.8 Å². The van der Waals surface area contributed by atoms with Gasteiger partial charge in [-0.25, -0.2) is 4.98 Å². The van der Waals surface area contributed by atoms with Crippen molar-refractivity contribution in [3.63, 3.8) is 0 Å². The topological polar surface area (TPSA) is 106 Å². The quantitative estimate of drug-likeness (QED) is 0.345. The standard InChI is InChI=1S/C20H21N3O5S/c1-13(15-5-8-18(26-2)21-12-15)23-28-10-9-27-16-6-3-14(4-7-16)11-17-19(24)22-20(25)29-17/h3-8,12,23-24H,1,9-11H2,2H3,(H,22,25). The van der Waals surface area contributed by atoms with Crippen LogP contribution in [0, 0.1) is 0 Å². The Morgan fingerprint density at radius 1 is 1.24 bits per heavy atom. The van der Waals surface area contributed by atoms with Gasteiger partial charge in [0.2, 0.25) is 11.8 Å². The molecule has 0 aliphatic heterocycles. The summed E-state index contributed by atoms with van der Waals surface area (Å²) in [5.74, 6) is 1.15. The predicted octanol–water partition coefficient (Wildman–Crippen LogP) is 2.71. The molecule has 3 aromatic rings. The molecular formula is C20H21N3O5S. The van der Waals surface area contributed by atoms with Crippen molar-refractivity contribution in [2.75, 3.05) is 20.3 Å². The molecule has 0 saturated carbocycles. The highest BCUT2D eigenvalue weighted by molar-refractivity contribution is 7.09. The van der Waals surface area contributed by atoms with Crippen LogP contribution in [0.15, 0.2) is 54.0 Å². The molecule has 0 fully saturated rings. The van der Waals surface area contributed by atoms with Crippen LogP contribution in [0.25, 0.3) is 5.70 Å². The number of nitrogens with zero attached hydrogens (tertiary/aromatic N) is 1. The lowest BCUT2D eigenvalue weighted by molar-refractivity contribution is 0.0541. The summed E-state index contributed by atoms with van der Waals surface area (Å²) >= 11 is 1.00. The first-order valence-electron chi connectivity index (χ1n) is 8.75. The Bertz CT molecular complexity index is 996. The molecule has 3 N–H and O–H groups in total. The molecule has 0 atom stereocenters. The molecule has 9 heteroatoms. The Hall–Kier alpha value is -3.30. The first-order chi connectivity index (χ1) is 14.0. The zero-order valence-electron chi connectivity index (χ0n) is 15.8. The molecule has 8 nitrogen and oxygen atoms in total. The smallest absolute Gasteiger partial charge is 0.307 e. The van der Waals surface area contributed by atoms with Crippen molar-refractivity contribution < 1.29 is 19.4 Å². The van der Waals surface area contributed by atoms with Crippen molar-refractivity contribution >= 4 is 17.0 Å². The van der Waals surface area contributed by atoms with Gasteiger partial charge in [0.1, 0.15) is 19.0 Å². The number of hydrogen-bond acceptors (Lipinski definition) is 8. The fraction of sp³-hybridized carbons (Fsp3) is 0.200. The fourth-order valence-electron chi connectivity index (χ4n) is 2.44. The third kappa shape index (κ3) is 5.84. The van der Waals surface area contributed by atoms with Gasteiger partial charge in [-0.2, -0.15) is 0 Å². The van der Waals surface area contributed by atoms with Crippen LogP contribution in [0.4, 0.5) is 0 Å². The zero-order valence-corrected chi connectivity index (χ0v) is 16.6. The van der Waals surface area contributed by atoms with Gasteiger partial charge in [0.25, 0.3) is 0 Å². The number of aromatic hydroxyl groups is 1. The van der Waals surface area contributed by atoms with Gasteiger partial charge >= 0.3 is 4.87 Å². The number of rotatable bonds is 10. The summed E-state index contributed by atoms with van der Waals surface area (Å²) in [5.41, 5.74) is 5.10. The number of H-pyrrole nitrogens is 1. The summed E-state index contributed by atoms with van der Waals surface area (Å²) in [6.45, 7) is 4.55. The minimum Gasteiger partial charge on any atom is -0.494 e. The van der Waals surface area contributed by atoms with E-state index in [1.807, 2.05) is 30.3 Å². The number of benzene rings is 1. The molecule has 3 rings (SSSR count). The van der Waals surface area contributed by atoms with Gasteiger partial charge in [-0.3, -0.25) is 20.1 Å². The molecule has 1 aromatic carbocycles. The van der Waals surface area contributed by atoms with Gasteiger partial charge in [0, 0.05) is 24.2 Å². The molecule has 0 unspecified atom stereocenters. The molecule has 29 heavy (non-hydrogen) atoms. The maximum Gasteiger partial charge on any atom is 0.307 e. The Kier molecular flexibility index (Phi) is 6.88. The summed E-state index contributed by atoms with van der Waals surface area (Å²) in [4.78, 5) is 23.4. The van der Waals surface area contributed by atoms with Crippen LogP contribution in [0.5, 0.6) is 17.5 Å². The molecular weight excluding hydrogens is 394 g/mol. The highest BCUT2D eigenvalue weighted by Gasteiger charge is 2.07. The van der Waals surface area contributed by atoms with Crippen LogP contribution in [0.1, 0.15) is 16.0 Å². The number of methoxy groups -OCH3 is 1. The number of ether oxygens (including phenoxy) is 2. The Morgan fingerprint density at radius 3 is 2.66 bits per heavy atom. The van der Waals surface area contributed by atoms with E-state index in [9.17, 15) is 9.90 Å². The van der Waals surface area contributed by atoms with E-state index in [0.717, 1.165) is 22.5 Å². The van der Waals surface area contributed by atoms with Crippen LogP contribution in [0.2, 0.25) is 0 Å². The van der Waals surface area contributed by atoms with Crippen LogP contribution >= 0.6 is 11.3 Å². The van der Waals surface area contributed by atoms with Crippen molar-refractivity contribution in [3.05, 3.63) is 74.8 Å². The number of pyridine rings is 1. The zero-order chi connectivity index (χ0) is 20.6. The Labute approximate surface area is 171 Å².